The van der Waals surface area contributed by atoms with Crippen molar-refractivity contribution in [2.45, 2.75) is 46.1 Å². The minimum Gasteiger partial charge on any atom is -0.505 e. The molecule has 8 N–H and O–H groups in total. The molecule has 3 heterocycles. The van der Waals surface area contributed by atoms with Crippen molar-refractivity contribution < 1.29 is 76.2 Å². The number of hydrogen-bond donors (Lipinski definition) is 7. The van der Waals surface area contributed by atoms with Gasteiger partial charge >= 0.3 is 5.97 Å². The Balaban J connectivity index is 0.000000395. The van der Waals surface area contributed by atoms with Gasteiger partial charge in [-0.3, -0.25) is 9.59 Å². The van der Waals surface area contributed by atoms with Gasteiger partial charge < -0.3 is 50.4 Å². The molecule has 1 unspecified atom stereocenters. The number of fused-ring (bicyclic) bond motifs is 3. The van der Waals surface area contributed by atoms with E-state index in [1.54, 1.807) is 49.4 Å². The third kappa shape index (κ3) is 19.4. The maximum Gasteiger partial charge on any atom is 0.306 e. The van der Waals surface area contributed by atoms with Gasteiger partial charge in [0, 0.05) is 54.8 Å². The van der Waals surface area contributed by atoms with Crippen LogP contribution in [0.5, 0.6) is 28.7 Å². The number of phenols is 1. The molecule has 354 valence electrons. The van der Waals surface area contributed by atoms with Crippen molar-refractivity contribution in [3.05, 3.63) is 149 Å². The Labute approximate surface area is 377 Å². The maximum absolute atomic E-state index is 13.1. The maximum atomic E-state index is 13.1. The fourth-order valence-electron chi connectivity index (χ4n) is 5.30. The zero-order valence-corrected chi connectivity index (χ0v) is 35.0. The largest absolute Gasteiger partial charge is 0.505 e. The highest BCUT2D eigenvalue weighted by molar-refractivity contribution is 6.12. The summed E-state index contributed by atoms with van der Waals surface area (Å²) in [6, 6.07) is 25.2. The molecule has 3 aliphatic heterocycles. The number of aliphatic hydroxyl groups is 1. The van der Waals surface area contributed by atoms with Crippen molar-refractivity contribution in [2.24, 2.45) is 10.9 Å². The summed E-state index contributed by atoms with van der Waals surface area (Å²) in [4.78, 5) is 22.5. The predicted molar refractivity (Wildman–Crippen MR) is 232 cm³/mol. The fraction of sp³-hybridized carbons (Fsp3) is 0.267. The molecule has 0 fully saturated rings. The van der Waals surface area contributed by atoms with E-state index in [1.165, 1.54) is 59.6 Å². The van der Waals surface area contributed by atoms with Crippen LogP contribution in [0.4, 0.5) is 22.0 Å². The van der Waals surface area contributed by atoms with E-state index in [0.29, 0.717) is 48.6 Å². The Hall–Kier alpha value is -6.51. The first kappa shape index (κ1) is 56.5. The molecular formula is C45H51ClF5N3O11. The summed E-state index contributed by atoms with van der Waals surface area (Å²) in [5.41, 5.74) is 7.92. The first-order chi connectivity index (χ1) is 30.7. The van der Waals surface area contributed by atoms with Crippen LogP contribution in [0.25, 0.3) is 0 Å². The first-order valence-electron chi connectivity index (χ1n) is 19.1. The van der Waals surface area contributed by atoms with Gasteiger partial charge in [0.05, 0.1) is 44.1 Å². The molecule has 1 atom stereocenters. The Bertz CT molecular complexity index is 2220. The monoisotopic (exact) mass is 939 g/mol. The van der Waals surface area contributed by atoms with Crippen LogP contribution in [-0.4, -0.2) is 76.2 Å². The second kappa shape index (κ2) is 31.4. The van der Waals surface area contributed by atoms with Crippen LogP contribution in [-0.2, 0) is 4.79 Å². The SMILES string of the molecule is C.CCO.NC1CCOc2c(F)cccc21.O/N=C1\CCOc2c(F)cccc21.O=C(O)CCOc1ccccc1F.O=C1CCOc2c(F)cccc21.ONCl.Oc1ccccc1F. The van der Waals surface area contributed by atoms with Crippen molar-refractivity contribution in [1.29, 1.82) is 0 Å². The van der Waals surface area contributed by atoms with Gasteiger partial charge in [0.25, 0.3) is 0 Å². The van der Waals surface area contributed by atoms with Crippen LogP contribution in [0.3, 0.4) is 0 Å². The highest BCUT2D eigenvalue weighted by Gasteiger charge is 2.22. The number of hydrogen-bond acceptors (Lipinski definition) is 13. The molecule has 14 nitrogen and oxygen atoms in total. The van der Waals surface area contributed by atoms with Gasteiger partial charge in [-0.15, -0.1) is 5.00 Å². The summed E-state index contributed by atoms with van der Waals surface area (Å²) in [6.45, 7) is 3.06. The molecule has 0 saturated heterocycles. The molecular weight excluding hydrogens is 889 g/mol. The highest BCUT2D eigenvalue weighted by Crippen LogP contribution is 2.32. The number of carboxylic acids is 1. The molecule has 0 aliphatic carbocycles. The number of nitrogens with one attached hydrogen (secondary N) is 1. The average molecular weight is 940 g/mol. The number of phenolic OH excluding ortho intramolecular Hbond substituents is 1. The number of aliphatic carboxylic acids is 1. The summed E-state index contributed by atoms with van der Waals surface area (Å²) >= 11 is 4.30. The summed E-state index contributed by atoms with van der Waals surface area (Å²) < 4.78 is 84.3. The minimum atomic E-state index is -0.962. The van der Waals surface area contributed by atoms with Gasteiger partial charge in [0.15, 0.2) is 63.6 Å². The summed E-state index contributed by atoms with van der Waals surface area (Å²) in [5.74, 6) is -2.85. The molecule has 0 saturated carbocycles. The zero-order chi connectivity index (χ0) is 47.4. The lowest BCUT2D eigenvalue weighted by Gasteiger charge is -2.22. The fourth-order valence-corrected chi connectivity index (χ4v) is 5.30. The number of nitrogens with zero attached hydrogens (tertiary/aromatic N) is 1. The third-order valence-electron chi connectivity index (χ3n) is 8.16. The van der Waals surface area contributed by atoms with Gasteiger partial charge in [-0.1, -0.05) is 61.1 Å². The van der Waals surface area contributed by atoms with E-state index in [0.717, 1.165) is 12.0 Å². The number of benzene rings is 5. The van der Waals surface area contributed by atoms with E-state index >= 15 is 0 Å². The lowest BCUT2D eigenvalue weighted by atomic mass is 10.0. The normalized spacial score (nSPS) is 14.0. The van der Waals surface area contributed by atoms with Crippen LogP contribution in [0.1, 0.15) is 67.6 Å². The molecule has 0 radical (unpaired) electrons. The van der Waals surface area contributed by atoms with E-state index in [-0.39, 0.29) is 74.3 Å². The van der Waals surface area contributed by atoms with E-state index in [4.69, 9.17) is 50.4 Å². The topological polar surface area (TPSA) is 223 Å². The molecule has 3 aliphatic rings. The van der Waals surface area contributed by atoms with Gasteiger partial charge in [-0.2, -0.15) is 0 Å². The third-order valence-corrected chi connectivity index (χ3v) is 8.16. The van der Waals surface area contributed by atoms with Gasteiger partial charge in [-0.25, -0.2) is 22.0 Å². The standard InChI is InChI=1S/C9H8FNO2.C9H10FNO.C9H9FO3.C9H7FO2.C6H5FO.C2H6O.CH4.ClH2NO/c10-7-3-1-2-6-8(11-12)4-5-13-9(6)7;10-7-3-1-2-6-8(11)4-5-12-9(6)7;10-7-3-1-2-4-8(7)13-6-5-9(11)12;10-7-3-1-2-6-8(11)4-5-12-9(6)7;7-5-3-1-2-4-6(5)8;1-2-3;;1-2-3/h1-3,12H,4-5H2;1-3,8H,4-5,11H2;1-4H,5-6H2,(H,11,12);1-3H,4-5H2;1-4,8H;3H,2H2,1H3;1H4;2-3H/b11-8+;;;;;;;. The minimum absolute atomic E-state index is 0. The van der Waals surface area contributed by atoms with Crippen molar-refractivity contribution in [1.82, 2.24) is 5.00 Å². The Kier molecular flexibility index (Phi) is 27.3. The van der Waals surface area contributed by atoms with Gasteiger partial charge in [0.2, 0.25) is 0 Å². The van der Waals surface area contributed by atoms with E-state index in [2.05, 4.69) is 16.9 Å². The molecule has 0 amide bonds. The summed E-state index contributed by atoms with van der Waals surface area (Å²) in [5, 5.41) is 43.2. The second-order valence-corrected chi connectivity index (χ2v) is 12.7. The first-order valence-corrected chi connectivity index (χ1v) is 19.5. The van der Waals surface area contributed by atoms with Crippen molar-refractivity contribution in [2.75, 3.05) is 33.0 Å². The number of Topliss-reactive ketones (excluding diaryl/α,β-unsaturated/α-hetero) is 1. The number of ketones is 1. The Morgan fingerprint density at radius 1 is 0.769 bits per heavy atom. The molecule has 0 aromatic heterocycles. The number of carboxylic acid groups (broad SMARTS) is 1. The van der Waals surface area contributed by atoms with Crippen LogP contribution in [0.15, 0.2) is 108 Å². The lowest BCUT2D eigenvalue weighted by Crippen LogP contribution is -2.21. The zero-order valence-electron chi connectivity index (χ0n) is 34.2. The predicted octanol–water partition coefficient (Wildman–Crippen LogP) is 9.15. The number of nitrogens with two attached hydrogens (primary N) is 1. The molecule has 0 spiro atoms. The lowest BCUT2D eigenvalue weighted by molar-refractivity contribution is -0.137. The second-order valence-electron chi connectivity index (χ2n) is 12.6. The van der Waals surface area contributed by atoms with Crippen LogP contribution >= 0.6 is 11.8 Å². The van der Waals surface area contributed by atoms with Crippen molar-refractivity contribution in [3.8, 4) is 28.7 Å². The Morgan fingerprint density at radius 2 is 1.25 bits per heavy atom. The number of oxime groups is 1. The number of carbonyl (C=O) groups is 2. The number of carbonyl (C=O) groups excluding carboxylic acids is 1. The molecule has 5 aromatic rings. The number of halogens is 6. The number of aliphatic hydroxyl groups excluding tert-OH is 1. The van der Waals surface area contributed by atoms with Crippen LogP contribution in [0, 0.1) is 29.1 Å². The Morgan fingerprint density at radius 3 is 1.75 bits per heavy atom. The summed E-state index contributed by atoms with van der Waals surface area (Å²) in [6.07, 6.45) is 1.48. The van der Waals surface area contributed by atoms with Gasteiger partial charge in [-0.05, 0) is 61.5 Å². The smallest absolute Gasteiger partial charge is 0.306 e. The number of para-hydroxylation sites is 5. The average Bonchev–Trinajstić information content (AvgIpc) is 3.28. The van der Waals surface area contributed by atoms with Crippen molar-refractivity contribution in [3.63, 3.8) is 0 Å². The van der Waals surface area contributed by atoms with Crippen LogP contribution < -0.4 is 29.7 Å². The van der Waals surface area contributed by atoms with Crippen molar-refractivity contribution >= 4 is 29.2 Å². The highest BCUT2D eigenvalue weighted by atomic mass is 35.5. The van der Waals surface area contributed by atoms with Crippen LogP contribution in [0.2, 0.25) is 0 Å². The molecule has 20 heteroatoms. The van der Waals surface area contributed by atoms with E-state index in [9.17, 15) is 31.5 Å². The molecule has 0 bridgehead atoms. The quantitative estimate of drug-likeness (QED) is 0.0387. The van der Waals surface area contributed by atoms with E-state index in [1.807, 2.05) is 6.07 Å². The number of rotatable bonds is 4. The molecule has 5 aromatic carbocycles. The van der Waals surface area contributed by atoms with Gasteiger partial charge in [0.1, 0.15) is 0 Å². The molecule has 8 rings (SSSR count). The molecule has 65 heavy (non-hydrogen) atoms. The van der Waals surface area contributed by atoms with E-state index < -0.39 is 29.2 Å². The summed E-state index contributed by atoms with van der Waals surface area (Å²) in [7, 11) is 0. The number of ether oxygens (including phenoxy) is 4. The number of aromatic hydroxyl groups is 1.